The zero-order valence-corrected chi connectivity index (χ0v) is 11.9. The van der Waals surface area contributed by atoms with E-state index in [9.17, 15) is 4.79 Å². The van der Waals surface area contributed by atoms with Crippen LogP contribution in [0, 0.1) is 0 Å². The number of esters is 1. The number of rotatable bonds is 8. The summed E-state index contributed by atoms with van der Waals surface area (Å²) in [4.78, 5) is 15.8. The second kappa shape index (κ2) is 8.05. The van der Waals surface area contributed by atoms with E-state index in [0.29, 0.717) is 11.0 Å². The minimum Gasteiger partial charge on any atom is -0.465 e. The first-order valence-corrected chi connectivity index (χ1v) is 6.84. The lowest BCUT2D eigenvalue weighted by atomic mass is 10.3. The van der Waals surface area contributed by atoms with Crippen molar-refractivity contribution in [2.24, 2.45) is 0 Å². The molecule has 0 aliphatic heterocycles. The fraction of sp³-hybridized carbons (Fsp3) is 0.667. The summed E-state index contributed by atoms with van der Waals surface area (Å²) < 4.78 is 10.1. The second-order valence-corrected chi connectivity index (χ2v) is 5.11. The standard InChI is InChI=1S/C12H20N2O3S/c1-9(2)17-7-5-4-6-13-12-14-8-10(18-12)11(15)16-3/h8-9H,4-7H2,1-3H3,(H,13,14). The molecule has 5 nitrogen and oxygen atoms in total. The van der Waals surface area contributed by atoms with Crippen molar-refractivity contribution in [3.05, 3.63) is 11.1 Å². The van der Waals surface area contributed by atoms with Crippen LogP contribution in [0.2, 0.25) is 0 Å². The van der Waals surface area contributed by atoms with Gasteiger partial charge in [0.25, 0.3) is 0 Å². The highest BCUT2D eigenvalue weighted by molar-refractivity contribution is 7.17. The molecule has 0 atom stereocenters. The largest absolute Gasteiger partial charge is 0.465 e. The number of nitrogens with zero attached hydrogens (tertiary/aromatic N) is 1. The number of hydrogen-bond acceptors (Lipinski definition) is 6. The highest BCUT2D eigenvalue weighted by Crippen LogP contribution is 2.18. The fourth-order valence-electron chi connectivity index (χ4n) is 1.29. The van der Waals surface area contributed by atoms with Crippen molar-refractivity contribution in [2.75, 3.05) is 25.6 Å². The van der Waals surface area contributed by atoms with Crippen molar-refractivity contribution in [3.63, 3.8) is 0 Å². The van der Waals surface area contributed by atoms with Gasteiger partial charge in [-0.05, 0) is 26.7 Å². The Balaban J connectivity index is 2.16. The maximum absolute atomic E-state index is 11.2. The summed E-state index contributed by atoms with van der Waals surface area (Å²) in [5.74, 6) is -0.342. The molecule has 1 heterocycles. The molecule has 1 N–H and O–H groups in total. The van der Waals surface area contributed by atoms with Gasteiger partial charge in [-0.15, -0.1) is 0 Å². The number of anilines is 1. The van der Waals surface area contributed by atoms with Gasteiger partial charge in [-0.25, -0.2) is 9.78 Å². The van der Waals surface area contributed by atoms with Gasteiger partial charge < -0.3 is 14.8 Å². The summed E-state index contributed by atoms with van der Waals surface area (Å²) in [5.41, 5.74) is 0. The first-order valence-electron chi connectivity index (χ1n) is 6.03. The van der Waals surface area contributed by atoms with Crippen LogP contribution in [0.5, 0.6) is 0 Å². The molecule has 1 rings (SSSR count). The van der Waals surface area contributed by atoms with E-state index < -0.39 is 0 Å². The Hall–Kier alpha value is -1.14. The molecule has 6 heteroatoms. The van der Waals surface area contributed by atoms with Crippen molar-refractivity contribution in [1.29, 1.82) is 0 Å². The lowest BCUT2D eigenvalue weighted by Crippen LogP contribution is -2.06. The normalized spacial score (nSPS) is 10.7. The van der Waals surface area contributed by atoms with Crippen molar-refractivity contribution < 1.29 is 14.3 Å². The number of methoxy groups -OCH3 is 1. The van der Waals surface area contributed by atoms with E-state index in [1.54, 1.807) is 0 Å². The minimum absolute atomic E-state index is 0.291. The molecule has 0 aliphatic rings. The zero-order chi connectivity index (χ0) is 13.4. The van der Waals surface area contributed by atoms with Crippen LogP contribution in [0.1, 0.15) is 36.4 Å². The summed E-state index contributed by atoms with van der Waals surface area (Å²) in [5, 5.41) is 3.93. The van der Waals surface area contributed by atoms with Crippen LogP contribution in [0.15, 0.2) is 6.20 Å². The maximum Gasteiger partial charge on any atom is 0.349 e. The van der Waals surface area contributed by atoms with Gasteiger partial charge in [0.05, 0.1) is 19.4 Å². The molecule has 18 heavy (non-hydrogen) atoms. The molecule has 0 spiro atoms. The summed E-state index contributed by atoms with van der Waals surface area (Å²) in [6, 6.07) is 0. The molecular weight excluding hydrogens is 252 g/mol. The highest BCUT2D eigenvalue weighted by Gasteiger charge is 2.09. The summed E-state index contributed by atoms with van der Waals surface area (Å²) in [6.45, 7) is 5.67. The third-order valence-corrected chi connectivity index (χ3v) is 3.13. The lowest BCUT2D eigenvalue weighted by Gasteiger charge is -2.07. The van der Waals surface area contributed by atoms with E-state index >= 15 is 0 Å². The number of carbonyl (C=O) groups is 1. The van der Waals surface area contributed by atoms with Crippen LogP contribution in [0.25, 0.3) is 0 Å². The van der Waals surface area contributed by atoms with Crippen molar-refractivity contribution in [3.8, 4) is 0 Å². The summed E-state index contributed by atoms with van der Waals surface area (Å²) in [6.07, 6.45) is 3.85. The Morgan fingerprint density at radius 2 is 2.28 bits per heavy atom. The predicted octanol–water partition coefficient (Wildman–Crippen LogP) is 2.55. The molecule has 0 aliphatic carbocycles. The van der Waals surface area contributed by atoms with E-state index in [4.69, 9.17) is 4.74 Å². The lowest BCUT2D eigenvalue weighted by molar-refractivity contribution is 0.0606. The van der Waals surface area contributed by atoms with Gasteiger partial charge in [0.2, 0.25) is 0 Å². The van der Waals surface area contributed by atoms with Gasteiger partial charge in [0, 0.05) is 13.2 Å². The Kier molecular flexibility index (Phi) is 6.67. The van der Waals surface area contributed by atoms with E-state index in [0.717, 1.165) is 31.1 Å². The zero-order valence-electron chi connectivity index (χ0n) is 11.1. The fourth-order valence-corrected chi connectivity index (χ4v) is 2.05. The third kappa shape index (κ3) is 5.46. The predicted molar refractivity (Wildman–Crippen MR) is 72.3 cm³/mol. The van der Waals surface area contributed by atoms with Crippen LogP contribution >= 0.6 is 11.3 Å². The van der Waals surface area contributed by atoms with E-state index in [2.05, 4.69) is 15.0 Å². The van der Waals surface area contributed by atoms with Gasteiger partial charge >= 0.3 is 5.97 Å². The number of thiazole rings is 1. The van der Waals surface area contributed by atoms with Crippen LogP contribution in [0.3, 0.4) is 0 Å². The molecule has 0 aromatic carbocycles. The molecule has 0 unspecified atom stereocenters. The number of unbranched alkanes of at least 4 members (excludes halogenated alkanes) is 1. The molecular formula is C12H20N2O3S. The molecule has 0 saturated heterocycles. The van der Waals surface area contributed by atoms with Gasteiger partial charge in [-0.2, -0.15) is 0 Å². The number of ether oxygens (including phenoxy) is 2. The summed E-state index contributed by atoms with van der Waals surface area (Å²) in [7, 11) is 1.36. The average Bonchev–Trinajstić information content (AvgIpc) is 2.81. The van der Waals surface area contributed by atoms with E-state index in [-0.39, 0.29) is 5.97 Å². The molecule has 0 saturated carbocycles. The van der Waals surface area contributed by atoms with E-state index in [1.165, 1.54) is 24.6 Å². The Morgan fingerprint density at radius 1 is 1.50 bits per heavy atom. The quantitative estimate of drug-likeness (QED) is 0.582. The Morgan fingerprint density at radius 3 is 2.94 bits per heavy atom. The molecule has 0 amide bonds. The molecule has 0 bridgehead atoms. The van der Waals surface area contributed by atoms with Gasteiger partial charge in [-0.1, -0.05) is 11.3 Å². The van der Waals surface area contributed by atoms with Gasteiger partial charge in [-0.3, -0.25) is 0 Å². The number of carbonyl (C=O) groups excluding carboxylic acids is 1. The number of nitrogens with one attached hydrogen (secondary N) is 1. The highest BCUT2D eigenvalue weighted by atomic mass is 32.1. The monoisotopic (exact) mass is 272 g/mol. The molecule has 102 valence electrons. The van der Waals surface area contributed by atoms with Crippen LogP contribution < -0.4 is 5.32 Å². The average molecular weight is 272 g/mol. The van der Waals surface area contributed by atoms with Crippen LogP contribution in [-0.2, 0) is 9.47 Å². The van der Waals surface area contributed by atoms with Crippen molar-refractivity contribution in [1.82, 2.24) is 4.98 Å². The second-order valence-electron chi connectivity index (χ2n) is 4.07. The third-order valence-electron chi connectivity index (χ3n) is 2.19. The first-order chi connectivity index (χ1) is 8.63. The van der Waals surface area contributed by atoms with Crippen LogP contribution in [-0.4, -0.2) is 37.3 Å². The van der Waals surface area contributed by atoms with Crippen molar-refractivity contribution in [2.45, 2.75) is 32.8 Å². The van der Waals surface area contributed by atoms with Crippen LogP contribution in [0.4, 0.5) is 5.13 Å². The Labute approximate surface area is 112 Å². The van der Waals surface area contributed by atoms with E-state index in [1.807, 2.05) is 13.8 Å². The smallest absolute Gasteiger partial charge is 0.349 e. The number of aromatic nitrogens is 1. The topological polar surface area (TPSA) is 60.5 Å². The molecule has 1 aromatic heterocycles. The Bertz CT molecular complexity index is 366. The first kappa shape index (κ1) is 14.9. The SMILES string of the molecule is COC(=O)c1cnc(NCCCCOC(C)C)s1. The minimum atomic E-state index is -0.342. The molecule has 0 fully saturated rings. The number of hydrogen-bond donors (Lipinski definition) is 1. The molecule has 1 aromatic rings. The van der Waals surface area contributed by atoms with Crippen molar-refractivity contribution >= 4 is 22.4 Å². The molecule has 0 radical (unpaired) electrons. The summed E-state index contributed by atoms with van der Waals surface area (Å²) >= 11 is 1.31. The maximum atomic E-state index is 11.2. The van der Waals surface area contributed by atoms with Gasteiger partial charge in [0.1, 0.15) is 4.88 Å². The van der Waals surface area contributed by atoms with Gasteiger partial charge in [0.15, 0.2) is 5.13 Å².